The van der Waals surface area contributed by atoms with Crippen LogP contribution in [0.3, 0.4) is 0 Å². The lowest BCUT2D eigenvalue weighted by Gasteiger charge is -2.31. The lowest BCUT2D eigenvalue weighted by Crippen LogP contribution is -2.44. The fourth-order valence-electron chi connectivity index (χ4n) is 3.52. The van der Waals surface area contributed by atoms with Crippen molar-refractivity contribution >= 4 is 22.9 Å². The van der Waals surface area contributed by atoms with Crippen molar-refractivity contribution in [3.8, 4) is 0 Å². The molecule has 168 valence electrons. The van der Waals surface area contributed by atoms with E-state index in [1.54, 1.807) is 24.0 Å². The van der Waals surface area contributed by atoms with E-state index < -0.39 is 22.8 Å². The van der Waals surface area contributed by atoms with E-state index in [1.807, 2.05) is 6.08 Å². The van der Waals surface area contributed by atoms with Gasteiger partial charge in [0.1, 0.15) is 16.5 Å². The van der Waals surface area contributed by atoms with Crippen LogP contribution >= 0.6 is 11.3 Å². The maximum Gasteiger partial charge on any atom is 0.425 e. The molecule has 0 unspecified atom stereocenters. The summed E-state index contributed by atoms with van der Waals surface area (Å²) in [6.45, 7) is 2.32. The lowest BCUT2D eigenvalue weighted by atomic mass is 9.95. The van der Waals surface area contributed by atoms with Gasteiger partial charge < -0.3 is 10.6 Å². The molecule has 0 aliphatic carbocycles. The van der Waals surface area contributed by atoms with Gasteiger partial charge in [0.25, 0.3) is 0 Å². The molecule has 3 aromatic rings. The van der Waals surface area contributed by atoms with Crippen molar-refractivity contribution in [2.45, 2.75) is 25.7 Å². The van der Waals surface area contributed by atoms with Gasteiger partial charge >= 0.3 is 11.9 Å². The Kier molecular flexibility index (Phi) is 5.87. The molecule has 0 fully saturated rings. The van der Waals surface area contributed by atoms with Crippen LogP contribution < -0.4 is 16.3 Å². The topological polar surface area (TPSA) is 77.0 Å². The third kappa shape index (κ3) is 4.58. The van der Waals surface area contributed by atoms with E-state index in [4.69, 9.17) is 5.73 Å². The maximum atomic E-state index is 13.2. The molecule has 2 N–H and O–H groups in total. The predicted octanol–water partition coefficient (Wildman–Crippen LogP) is 3.45. The number of aromatic nitrogens is 3. The van der Waals surface area contributed by atoms with Crippen molar-refractivity contribution in [2.75, 3.05) is 18.0 Å². The minimum atomic E-state index is -4.42. The number of alkyl halides is 3. The number of anilines is 1. The second-order valence-corrected chi connectivity index (χ2v) is 8.55. The summed E-state index contributed by atoms with van der Waals surface area (Å²) in [4.78, 5) is 22.4. The molecule has 3 heterocycles. The van der Waals surface area contributed by atoms with Crippen LogP contribution in [0.5, 0.6) is 0 Å². The number of nitrogens with two attached hydrogens (primary N) is 1. The van der Waals surface area contributed by atoms with Crippen molar-refractivity contribution in [3.05, 3.63) is 79.9 Å². The Balaban J connectivity index is 1.54. The number of halogens is 4. The quantitative estimate of drug-likeness (QED) is 0.598. The molecular formula is C21H19F4N5OS. The van der Waals surface area contributed by atoms with E-state index in [-0.39, 0.29) is 18.3 Å². The van der Waals surface area contributed by atoms with Gasteiger partial charge in [-0.25, -0.2) is 9.18 Å². The first kappa shape index (κ1) is 22.2. The smallest absolute Gasteiger partial charge is 0.335 e. The molecule has 0 saturated carbocycles. The average molecular weight is 465 g/mol. The highest BCUT2D eigenvalue weighted by molar-refractivity contribution is 7.12. The van der Waals surface area contributed by atoms with Crippen LogP contribution in [-0.4, -0.2) is 33.7 Å². The molecule has 1 aliphatic rings. The Morgan fingerprint density at radius 1 is 1.16 bits per heavy atom. The number of rotatable bonds is 4. The van der Waals surface area contributed by atoms with E-state index >= 15 is 0 Å². The SMILES string of the molecule is Cc1nc(N2CC=C(c3ccc(F)cc3)[C@H](N)C2)nc(=O)n1Cc1ccc(C(F)(F)F)s1. The third-order valence-corrected chi connectivity index (χ3v) is 6.26. The van der Waals surface area contributed by atoms with Gasteiger partial charge in [0, 0.05) is 24.0 Å². The molecule has 1 atom stereocenters. The van der Waals surface area contributed by atoms with E-state index in [0.29, 0.717) is 35.1 Å². The summed E-state index contributed by atoms with van der Waals surface area (Å²) in [7, 11) is 0. The molecule has 0 bridgehead atoms. The molecule has 2 aromatic heterocycles. The number of hydrogen-bond donors (Lipinski definition) is 1. The lowest BCUT2D eigenvalue weighted by molar-refractivity contribution is -0.134. The van der Waals surface area contributed by atoms with Crippen LogP contribution in [-0.2, 0) is 12.7 Å². The summed E-state index contributed by atoms with van der Waals surface area (Å²) in [5.74, 6) is 0.210. The van der Waals surface area contributed by atoms with E-state index in [1.165, 1.54) is 22.8 Å². The second-order valence-electron chi connectivity index (χ2n) is 7.38. The van der Waals surface area contributed by atoms with Crippen LogP contribution in [0.2, 0.25) is 0 Å². The number of thiophene rings is 1. The van der Waals surface area contributed by atoms with Crippen molar-refractivity contribution in [1.82, 2.24) is 14.5 Å². The van der Waals surface area contributed by atoms with Gasteiger partial charge in [0.05, 0.1) is 6.54 Å². The molecular weight excluding hydrogens is 446 g/mol. The predicted molar refractivity (Wildman–Crippen MR) is 114 cm³/mol. The number of aryl methyl sites for hydroxylation is 1. The first-order valence-electron chi connectivity index (χ1n) is 9.70. The zero-order chi connectivity index (χ0) is 23.0. The largest absolute Gasteiger partial charge is 0.425 e. The van der Waals surface area contributed by atoms with Crippen LogP contribution in [0, 0.1) is 12.7 Å². The minimum Gasteiger partial charge on any atom is -0.335 e. The van der Waals surface area contributed by atoms with Gasteiger partial charge in [-0.05, 0) is 42.3 Å². The summed E-state index contributed by atoms with van der Waals surface area (Å²) in [6, 6.07) is 8.00. The monoisotopic (exact) mass is 465 g/mol. The van der Waals surface area contributed by atoms with E-state index in [0.717, 1.165) is 17.2 Å². The van der Waals surface area contributed by atoms with E-state index in [2.05, 4.69) is 9.97 Å². The Hall–Kier alpha value is -3.05. The Bertz CT molecular complexity index is 1220. The van der Waals surface area contributed by atoms with E-state index in [9.17, 15) is 22.4 Å². The fraction of sp³-hybridized carbons (Fsp3) is 0.286. The summed E-state index contributed by atoms with van der Waals surface area (Å²) < 4.78 is 52.9. The highest BCUT2D eigenvalue weighted by atomic mass is 32.1. The van der Waals surface area contributed by atoms with Gasteiger partial charge in [-0.3, -0.25) is 4.57 Å². The zero-order valence-electron chi connectivity index (χ0n) is 16.9. The van der Waals surface area contributed by atoms with Crippen molar-refractivity contribution in [3.63, 3.8) is 0 Å². The average Bonchev–Trinajstić information content (AvgIpc) is 3.21. The molecule has 1 aliphatic heterocycles. The van der Waals surface area contributed by atoms with Crippen LogP contribution in [0.25, 0.3) is 5.57 Å². The van der Waals surface area contributed by atoms with Crippen LogP contribution in [0.1, 0.15) is 21.1 Å². The molecule has 11 heteroatoms. The Morgan fingerprint density at radius 2 is 1.88 bits per heavy atom. The Labute approximate surface area is 184 Å². The van der Waals surface area contributed by atoms with Gasteiger partial charge in [0.15, 0.2) is 0 Å². The third-order valence-electron chi connectivity index (χ3n) is 5.14. The molecule has 0 amide bonds. The normalized spacial score (nSPS) is 16.9. The highest BCUT2D eigenvalue weighted by Gasteiger charge is 2.32. The van der Waals surface area contributed by atoms with Crippen LogP contribution in [0.4, 0.5) is 23.5 Å². The minimum absolute atomic E-state index is 0.0418. The van der Waals surface area contributed by atoms with Crippen molar-refractivity contribution in [1.29, 1.82) is 0 Å². The van der Waals surface area contributed by atoms with Gasteiger partial charge in [-0.2, -0.15) is 23.1 Å². The van der Waals surface area contributed by atoms with Crippen molar-refractivity contribution in [2.24, 2.45) is 5.73 Å². The van der Waals surface area contributed by atoms with Gasteiger partial charge in [0.2, 0.25) is 5.95 Å². The molecule has 32 heavy (non-hydrogen) atoms. The maximum absolute atomic E-state index is 13.2. The molecule has 6 nitrogen and oxygen atoms in total. The standard InChI is InChI=1S/C21H19F4N5OS/c1-12-27-19(28-20(31)30(12)10-15-6-7-18(32-15)21(23,24)25)29-9-8-16(17(26)11-29)13-2-4-14(22)5-3-13/h2-8,17H,9-11,26H2,1H3/t17-/m1/s1. The number of hydrogen-bond acceptors (Lipinski definition) is 6. The molecule has 0 radical (unpaired) electrons. The molecule has 1 aromatic carbocycles. The number of benzene rings is 1. The molecule has 0 saturated heterocycles. The van der Waals surface area contributed by atoms with Crippen molar-refractivity contribution < 1.29 is 17.6 Å². The molecule has 0 spiro atoms. The molecule has 4 rings (SSSR count). The number of nitrogens with zero attached hydrogens (tertiary/aromatic N) is 4. The first-order valence-corrected chi connectivity index (χ1v) is 10.5. The summed E-state index contributed by atoms with van der Waals surface area (Å²) in [6.07, 6.45) is -2.54. The Morgan fingerprint density at radius 3 is 2.47 bits per heavy atom. The second kappa shape index (κ2) is 8.47. The summed E-state index contributed by atoms with van der Waals surface area (Å²) in [5.41, 5.74) is 7.37. The first-order chi connectivity index (χ1) is 15.1. The van der Waals surface area contributed by atoms with Gasteiger partial charge in [-0.1, -0.05) is 18.2 Å². The summed E-state index contributed by atoms with van der Waals surface area (Å²) in [5, 5.41) is 0. The fourth-order valence-corrected chi connectivity index (χ4v) is 4.38. The van der Waals surface area contributed by atoms with Crippen LogP contribution in [0.15, 0.2) is 47.3 Å². The highest BCUT2D eigenvalue weighted by Crippen LogP contribution is 2.34. The van der Waals surface area contributed by atoms with Gasteiger partial charge in [-0.15, -0.1) is 11.3 Å². The summed E-state index contributed by atoms with van der Waals surface area (Å²) >= 11 is 0.585. The zero-order valence-corrected chi connectivity index (χ0v) is 17.8.